The largest absolute Gasteiger partial charge is 0.382 e. The van der Waals surface area contributed by atoms with Crippen molar-refractivity contribution in [2.24, 2.45) is 0 Å². The average Bonchev–Trinajstić information content (AvgIpc) is 3.00. The summed E-state index contributed by atoms with van der Waals surface area (Å²) in [6, 6.07) is 0.227. The molecule has 1 aliphatic carbocycles. The SMILES string of the molecule is Nc1ncc2n3c(nc(Br)c13)[C@@H]1CCC[C@H](C1)NC(=O)CCCCC/C=C/2. The molecule has 2 aromatic heterocycles. The lowest BCUT2D eigenvalue weighted by molar-refractivity contribution is -0.122. The maximum absolute atomic E-state index is 12.3. The summed E-state index contributed by atoms with van der Waals surface area (Å²) in [5, 5.41) is 3.25. The third kappa shape index (κ3) is 3.88. The predicted octanol–water partition coefficient (Wildman–Crippen LogP) is 4.19. The molecular weight excluding hydrogens is 406 g/mol. The van der Waals surface area contributed by atoms with E-state index >= 15 is 0 Å². The van der Waals surface area contributed by atoms with Crippen LogP contribution in [0.5, 0.6) is 0 Å². The Labute approximate surface area is 167 Å². The summed E-state index contributed by atoms with van der Waals surface area (Å²) in [6.45, 7) is 0. The van der Waals surface area contributed by atoms with E-state index in [0.717, 1.165) is 73.0 Å². The fourth-order valence-electron chi connectivity index (χ4n) is 4.32. The molecule has 2 aromatic rings. The van der Waals surface area contributed by atoms with Gasteiger partial charge in [-0.1, -0.05) is 18.9 Å². The van der Waals surface area contributed by atoms with Gasteiger partial charge in [-0.05, 0) is 60.5 Å². The second kappa shape index (κ2) is 8.00. The minimum atomic E-state index is 0.189. The molecule has 1 aliphatic heterocycles. The van der Waals surface area contributed by atoms with E-state index in [4.69, 9.17) is 10.7 Å². The quantitative estimate of drug-likeness (QED) is 0.654. The Bertz CT molecular complexity index is 875. The van der Waals surface area contributed by atoms with Crippen LogP contribution in [0, 0.1) is 0 Å². The summed E-state index contributed by atoms with van der Waals surface area (Å²) in [5.74, 6) is 1.98. The summed E-state index contributed by atoms with van der Waals surface area (Å²) in [7, 11) is 0. The third-order valence-electron chi connectivity index (χ3n) is 5.67. The molecule has 0 spiro atoms. The number of allylic oxidation sites excluding steroid dienone is 1. The fourth-order valence-corrected chi connectivity index (χ4v) is 4.88. The zero-order chi connectivity index (χ0) is 18.8. The smallest absolute Gasteiger partial charge is 0.220 e. The van der Waals surface area contributed by atoms with Crippen molar-refractivity contribution in [3.8, 4) is 0 Å². The summed E-state index contributed by atoms with van der Waals surface area (Å²) < 4.78 is 2.89. The van der Waals surface area contributed by atoms with Gasteiger partial charge in [0, 0.05) is 18.4 Å². The highest BCUT2D eigenvalue weighted by Crippen LogP contribution is 2.36. The molecule has 4 rings (SSSR count). The van der Waals surface area contributed by atoms with E-state index in [2.05, 4.69) is 42.8 Å². The van der Waals surface area contributed by atoms with Gasteiger partial charge >= 0.3 is 0 Å². The Kier molecular flexibility index (Phi) is 5.48. The van der Waals surface area contributed by atoms with Crippen molar-refractivity contribution >= 4 is 39.2 Å². The highest BCUT2D eigenvalue weighted by Gasteiger charge is 2.29. The van der Waals surface area contributed by atoms with Gasteiger partial charge in [0.1, 0.15) is 15.9 Å². The van der Waals surface area contributed by atoms with E-state index < -0.39 is 0 Å². The van der Waals surface area contributed by atoms with E-state index in [1.165, 1.54) is 0 Å². The molecule has 0 saturated heterocycles. The van der Waals surface area contributed by atoms with E-state index in [0.29, 0.717) is 18.2 Å². The minimum absolute atomic E-state index is 0.189. The molecule has 7 heteroatoms. The van der Waals surface area contributed by atoms with E-state index in [9.17, 15) is 4.79 Å². The molecule has 27 heavy (non-hydrogen) atoms. The number of rotatable bonds is 0. The molecule has 2 atom stereocenters. The Balaban J connectivity index is 1.78. The molecule has 0 radical (unpaired) electrons. The molecule has 0 unspecified atom stereocenters. The number of anilines is 1. The van der Waals surface area contributed by atoms with E-state index in [1.54, 1.807) is 0 Å². The first-order valence-corrected chi connectivity index (χ1v) is 10.7. The number of hydrogen-bond acceptors (Lipinski definition) is 4. The van der Waals surface area contributed by atoms with Crippen LogP contribution in [0.15, 0.2) is 16.9 Å². The lowest BCUT2D eigenvalue weighted by atomic mass is 9.85. The number of imidazole rings is 1. The molecule has 144 valence electrons. The standard InChI is InChI=1S/C20H26BrN5O/c21-18-17-19(22)23-12-15-9-4-2-1-3-5-10-16(27)24-14-8-6-7-13(11-14)20(25-18)26(15)17/h4,9,12-14H,1-3,5-8,10-11H2,(H2,22,23)(H,24,27)/b9-4+/t13-,14-/m1/s1. The van der Waals surface area contributed by atoms with Gasteiger partial charge in [-0.25, -0.2) is 9.97 Å². The molecular formula is C20H26BrN5O. The zero-order valence-electron chi connectivity index (χ0n) is 15.5. The topological polar surface area (TPSA) is 85.3 Å². The van der Waals surface area contributed by atoms with Crippen molar-refractivity contribution in [3.63, 3.8) is 0 Å². The van der Waals surface area contributed by atoms with Crippen molar-refractivity contribution in [1.82, 2.24) is 19.7 Å². The Morgan fingerprint density at radius 3 is 3.00 bits per heavy atom. The van der Waals surface area contributed by atoms with Gasteiger partial charge in [0.2, 0.25) is 5.91 Å². The first kappa shape index (κ1) is 18.5. The number of nitrogen functional groups attached to an aromatic ring is 1. The van der Waals surface area contributed by atoms with Gasteiger partial charge in [-0.2, -0.15) is 0 Å². The molecule has 2 aliphatic rings. The molecule has 1 amide bonds. The normalized spacial score (nSPS) is 25.4. The number of carbonyl (C=O) groups is 1. The number of aromatic nitrogens is 3. The van der Waals surface area contributed by atoms with Crippen LogP contribution in [0.4, 0.5) is 5.82 Å². The minimum Gasteiger partial charge on any atom is -0.382 e. The van der Waals surface area contributed by atoms with Crippen LogP contribution < -0.4 is 11.1 Å². The van der Waals surface area contributed by atoms with E-state index in [-0.39, 0.29) is 11.9 Å². The number of nitrogens with one attached hydrogen (secondary N) is 1. The lowest BCUT2D eigenvalue weighted by Gasteiger charge is -2.29. The second-order valence-corrected chi connectivity index (χ2v) is 8.39. The Morgan fingerprint density at radius 2 is 2.11 bits per heavy atom. The van der Waals surface area contributed by atoms with Crippen LogP contribution in [0.25, 0.3) is 11.6 Å². The fraction of sp³-hybridized carbons (Fsp3) is 0.550. The first-order chi connectivity index (χ1) is 13.1. The molecule has 1 fully saturated rings. The van der Waals surface area contributed by atoms with Crippen LogP contribution in [0.3, 0.4) is 0 Å². The highest BCUT2D eigenvalue weighted by molar-refractivity contribution is 9.10. The Hall–Kier alpha value is -1.89. The van der Waals surface area contributed by atoms with Crippen LogP contribution in [0.2, 0.25) is 0 Å². The van der Waals surface area contributed by atoms with Gasteiger partial charge < -0.3 is 11.1 Å². The zero-order valence-corrected chi connectivity index (χ0v) is 17.0. The number of nitrogens with zero attached hydrogens (tertiary/aromatic N) is 3. The molecule has 6 nitrogen and oxygen atoms in total. The maximum atomic E-state index is 12.3. The molecule has 1 saturated carbocycles. The third-order valence-corrected chi connectivity index (χ3v) is 6.22. The number of halogens is 1. The monoisotopic (exact) mass is 431 g/mol. The molecule has 0 aromatic carbocycles. The maximum Gasteiger partial charge on any atom is 0.220 e. The van der Waals surface area contributed by atoms with Crippen molar-refractivity contribution in [1.29, 1.82) is 0 Å². The van der Waals surface area contributed by atoms with Crippen LogP contribution >= 0.6 is 15.9 Å². The van der Waals surface area contributed by atoms with Crippen molar-refractivity contribution in [2.45, 2.75) is 69.7 Å². The Morgan fingerprint density at radius 1 is 1.22 bits per heavy atom. The van der Waals surface area contributed by atoms with Gasteiger partial charge in [0.15, 0.2) is 5.82 Å². The van der Waals surface area contributed by atoms with E-state index in [1.807, 2.05) is 6.20 Å². The van der Waals surface area contributed by atoms with Gasteiger partial charge in [-0.3, -0.25) is 9.20 Å². The molecule has 2 bridgehead atoms. The average molecular weight is 432 g/mol. The lowest BCUT2D eigenvalue weighted by Crippen LogP contribution is -2.38. The van der Waals surface area contributed by atoms with Gasteiger partial charge in [0.05, 0.1) is 11.9 Å². The van der Waals surface area contributed by atoms with Crippen LogP contribution in [0.1, 0.15) is 75.2 Å². The predicted molar refractivity (Wildman–Crippen MR) is 110 cm³/mol. The van der Waals surface area contributed by atoms with Crippen LogP contribution in [-0.4, -0.2) is 26.3 Å². The van der Waals surface area contributed by atoms with Gasteiger partial charge in [0.25, 0.3) is 0 Å². The molecule has 3 N–H and O–H groups in total. The van der Waals surface area contributed by atoms with Crippen molar-refractivity contribution in [2.75, 3.05) is 5.73 Å². The highest BCUT2D eigenvalue weighted by atomic mass is 79.9. The summed E-state index contributed by atoms with van der Waals surface area (Å²) in [4.78, 5) is 21.5. The summed E-state index contributed by atoms with van der Waals surface area (Å²) in [5.41, 5.74) is 8.01. The second-order valence-electron chi connectivity index (χ2n) is 7.64. The van der Waals surface area contributed by atoms with Crippen molar-refractivity contribution in [3.05, 3.63) is 28.4 Å². The molecule has 3 heterocycles. The summed E-state index contributed by atoms with van der Waals surface area (Å²) >= 11 is 3.58. The van der Waals surface area contributed by atoms with Crippen LogP contribution in [-0.2, 0) is 4.79 Å². The number of fused-ring (bicyclic) bond motifs is 3. The first-order valence-electron chi connectivity index (χ1n) is 9.91. The van der Waals surface area contributed by atoms with Crippen molar-refractivity contribution < 1.29 is 4.79 Å². The number of nitrogens with two attached hydrogens (primary N) is 1. The number of carbonyl (C=O) groups excluding carboxylic acids is 1. The summed E-state index contributed by atoms with van der Waals surface area (Å²) in [6.07, 6.45) is 15.0. The number of hydrogen-bond donors (Lipinski definition) is 2. The number of amides is 1. The van der Waals surface area contributed by atoms with Gasteiger partial charge in [-0.15, -0.1) is 0 Å².